The molecule has 1 aliphatic rings. The van der Waals surface area contributed by atoms with Crippen LogP contribution in [-0.4, -0.2) is 28.0 Å². The maximum atomic E-state index is 12.5. The van der Waals surface area contributed by atoms with Gasteiger partial charge in [0.2, 0.25) is 0 Å². The molecule has 0 radical (unpaired) electrons. The van der Waals surface area contributed by atoms with Crippen molar-refractivity contribution in [3.05, 3.63) is 34.2 Å². The zero-order valence-electron chi connectivity index (χ0n) is 15.5. The smallest absolute Gasteiger partial charge is 0.326 e. The fourth-order valence-electron chi connectivity index (χ4n) is 3.85. The number of amides is 1. The fourth-order valence-corrected chi connectivity index (χ4v) is 3.85. The summed E-state index contributed by atoms with van der Waals surface area (Å²) in [6.07, 6.45) is 5.27. The number of aromatic nitrogens is 2. The third kappa shape index (κ3) is 4.30. The molecule has 0 aliphatic heterocycles. The summed E-state index contributed by atoms with van der Waals surface area (Å²) in [7, 11) is 0. The lowest BCUT2D eigenvalue weighted by atomic mass is 10.0. The van der Waals surface area contributed by atoms with E-state index in [0.717, 1.165) is 30.3 Å². The highest BCUT2D eigenvalue weighted by molar-refractivity contribution is 5.97. The van der Waals surface area contributed by atoms with Crippen LogP contribution in [0.2, 0.25) is 0 Å². The number of imidazole rings is 1. The van der Waals surface area contributed by atoms with E-state index in [2.05, 4.69) is 24.1 Å². The minimum absolute atomic E-state index is 0. The number of H-pyrrole nitrogens is 1. The van der Waals surface area contributed by atoms with Crippen LogP contribution in [0.25, 0.3) is 11.0 Å². The second-order valence-electron chi connectivity index (χ2n) is 7.51. The highest BCUT2D eigenvalue weighted by atomic mass is 35.5. The Morgan fingerprint density at radius 2 is 2.04 bits per heavy atom. The van der Waals surface area contributed by atoms with Crippen molar-refractivity contribution < 1.29 is 4.79 Å². The van der Waals surface area contributed by atoms with Gasteiger partial charge in [-0.05, 0) is 43.4 Å². The van der Waals surface area contributed by atoms with E-state index in [0.29, 0.717) is 18.0 Å². The van der Waals surface area contributed by atoms with Gasteiger partial charge in [0.25, 0.3) is 5.91 Å². The van der Waals surface area contributed by atoms with Crippen molar-refractivity contribution >= 4 is 29.3 Å². The van der Waals surface area contributed by atoms with Crippen molar-refractivity contribution in [2.75, 3.05) is 6.54 Å². The summed E-state index contributed by atoms with van der Waals surface area (Å²) in [5.41, 5.74) is 7.83. The van der Waals surface area contributed by atoms with Gasteiger partial charge < -0.3 is 16.0 Å². The van der Waals surface area contributed by atoms with Crippen LogP contribution in [0.4, 0.5) is 0 Å². The molecule has 0 bridgehead atoms. The van der Waals surface area contributed by atoms with Crippen LogP contribution in [0.1, 0.15) is 62.4 Å². The van der Waals surface area contributed by atoms with Gasteiger partial charge in [0.1, 0.15) is 0 Å². The monoisotopic (exact) mass is 380 g/mol. The molecule has 1 aromatic carbocycles. The molecule has 1 atom stereocenters. The van der Waals surface area contributed by atoms with E-state index >= 15 is 0 Å². The first-order valence-corrected chi connectivity index (χ1v) is 9.24. The third-order valence-electron chi connectivity index (χ3n) is 5.04. The Kier molecular flexibility index (Phi) is 6.89. The summed E-state index contributed by atoms with van der Waals surface area (Å²) in [4.78, 5) is 27.8. The molecule has 1 saturated carbocycles. The predicted octanol–water partition coefficient (Wildman–Crippen LogP) is 2.97. The zero-order chi connectivity index (χ0) is 18.0. The van der Waals surface area contributed by atoms with Crippen molar-refractivity contribution in [2.24, 2.45) is 11.7 Å². The maximum Gasteiger partial charge on any atom is 0.326 e. The lowest BCUT2D eigenvalue weighted by molar-refractivity contribution is 0.0934. The molecule has 0 spiro atoms. The number of fused-ring (bicyclic) bond motifs is 1. The van der Waals surface area contributed by atoms with E-state index in [9.17, 15) is 9.59 Å². The highest BCUT2D eigenvalue weighted by Gasteiger charge is 2.22. The summed E-state index contributed by atoms with van der Waals surface area (Å²) < 4.78 is 1.85. The predicted molar refractivity (Wildman–Crippen MR) is 107 cm³/mol. The number of aromatic amines is 1. The second kappa shape index (κ2) is 8.73. The number of hydrogen-bond acceptors (Lipinski definition) is 3. The van der Waals surface area contributed by atoms with E-state index in [4.69, 9.17) is 5.73 Å². The molecule has 6 nitrogen and oxygen atoms in total. The van der Waals surface area contributed by atoms with Gasteiger partial charge in [-0.25, -0.2) is 4.79 Å². The molecule has 1 aromatic heterocycles. The largest absolute Gasteiger partial charge is 0.348 e. The Balaban J connectivity index is 0.00000243. The number of hydrogen-bond donors (Lipinski definition) is 3. The van der Waals surface area contributed by atoms with Crippen molar-refractivity contribution in [1.29, 1.82) is 0 Å². The first kappa shape index (κ1) is 20.5. The van der Waals surface area contributed by atoms with Gasteiger partial charge in [0, 0.05) is 24.2 Å². The lowest BCUT2D eigenvalue weighted by Crippen LogP contribution is -2.41. The van der Waals surface area contributed by atoms with Crippen molar-refractivity contribution in [3.8, 4) is 0 Å². The van der Waals surface area contributed by atoms with Crippen molar-refractivity contribution in [2.45, 2.75) is 58.0 Å². The van der Waals surface area contributed by atoms with Gasteiger partial charge >= 0.3 is 5.69 Å². The van der Waals surface area contributed by atoms with Gasteiger partial charge in [-0.1, -0.05) is 26.7 Å². The number of carbonyl (C=O) groups excluding carboxylic acids is 1. The van der Waals surface area contributed by atoms with Gasteiger partial charge in [0.15, 0.2) is 0 Å². The van der Waals surface area contributed by atoms with Gasteiger partial charge in [-0.3, -0.25) is 9.36 Å². The molecular formula is C19H29ClN4O2. The number of nitrogens with zero attached hydrogens (tertiary/aromatic N) is 1. The van der Waals surface area contributed by atoms with E-state index in [-0.39, 0.29) is 36.1 Å². The third-order valence-corrected chi connectivity index (χ3v) is 5.04. The molecule has 0 saturated heterocycles. The summed E-state index contributed by atoms with van der Waals surface area (Å²) >= 11 is 0. The van der Waals surface area contributed by atoms with Gasteiger partial charge in [-0.15, -0.1) is 12.4 Å². The molecule has 1 heterocycles. The molecule has 4 N–H and O–H groups in total. The molecule has 144 valence electrons. The Morgan fingerprint density at radius 1 is 1.35 bits per heavy atom. The van der Waals surface area contributed by atoms with E-state index in [1.54, 1.807) is 12.1 Å². The molecule has 26 heavy (non-hydrogen) atoms. The van der Waals surface area contributed by atoms with Gasteiger partial charge in [0.05, 0.1) is 11.0 Å². The SMILES string of the molecule is CC(C)CC(CN)NC(=O)c1ccc2c(c1)[nH]c(=O)n2C1CCCC1.Cl. The number of carbonyl (C=O) groups is 1. The topological polar surface area (TPSA) is 92.9 Å². The van der Waals surface area contributed by atoms with Crippen LogP contribution in [0.15, 0.2) is 23.0 Å². The van der Waals surface area contributed by atoms with Crippen LogP contribution < -0.4 is 16.7 Å². The quantitative estimate of drug-likeness (QED) is 0.719. The molecular weight excluding hydrogens is 352 g/mol. The number of halogens is 1. The standard InChI is InChI=1S/C19H28N4O2.ClH/c1-12(2)9-14(11-20)21-18(24)13-7-8-17-16(10-13)22-19(25)23(17)15-5-3-4-6-15;/h7-8,10,12,14-15H,3-6,9,11,20H2,1-2H3,(H,21,24)(H,22,25);1H. The lowest BCUT2D eigenvalue weighted by Gasteiger charge is -2.19. The highest BCUT2D eigenvalue weighted by Crippen LogP contribution is 2.30. The number of benzene rings is 1. The minimum Gasteiger partial charge on any atom is -0.348 e. The normalized spacial score (nSPS) is 16.0. The Labute approximate surface area is 159 Å². The van der Waals surface area contributed by atoms with Crippen molar-refractivity contribution in [1.82, 2.24) is 14.9 Å². The average Bonchev–Trinajstić information content (AvgIpc) is 3.19. The Hall–Kier alpha value is -1.79. The van der Waals surface area contributed by atoms with Crippen LogP contribution in [0.3, 0.4) is 0 Å². The van der Waals surface area contributed by atoms with Crippen LogP contribution in [-0.2, 0) is 0 Å². The number of rotatable bonds is 6. The molecule has 1 amide bonds. The maximum absolute atomic E-state index is 12.5. The molecule has 2 aromatic rings. The van der Waals surface area contributed by atoms with E-state index in [1.165, 1.54) is 12.8 Å². The first-order valence-electron chi connectivity index (χ1n) is 9.24. The summed E-state index contributed by atoms with van der Waals surface area (Å²) in [6, 6.07) is 5.67. The Morgan fingerprint density at radius 3 is 2.65 bits per heavy atom. The summed E-state index contributed by atoms with van der Waals surface area (Å²) in [5.74, 6) is 0.320. The van der Waals surface area contributed by atoms with Crippen molar-refractivity contribution in [3.63, 3.8) is 0 Å². The summed E-state index contributed by atoms with van der Waals surface area (Å²) in [5, 5.41) is 2.99. The number of nitrogens with one attached hydrogen (secondary N) is 2. The average molecular weight is 381 g/mol. The zero-order valence-corrected chi connectivity index (χ0v) is 16.3. The van der Waals surface area contributed by atoms with E-state index < -0.39 is 0 Å². The molecule has 1 fully saturated rings. The van der Waals surface area contributed by atoms with Gasteiger partial charge in [-0.2, -0.15) is 0 Å². The molecule has 7 heteroatoms. The minimum atomic E-state index is -0.146. The van der Waals surface area contributed by atoms with Crippen LogP contribution in [0.5, 0.6) is 0 Å². The number of nitrogens with two attached hydrogens (primary N) is 1. The summed E-state index contributed by atoms with van der Waals surface area (Å²) in [6.45, 7) is 4.63. The van der Waals surface area contributed by atoms with Crippen LogP contribution >= 0.6 is 12.4 Å². The fraction of sp³-hybridized carbons (Fsp3) is 0.579. The second-order valence-corrected chi connectivity index (χ2v) is 7.51. The van der Waals surface area contributed by atoms with E-state index in [1.807, 2.05) is 10.6 Å². The van der Waals surface area contributed by atoms with Crippen LogP contribution in [0, 0.1) is 5.92 Å². The molecule has 3 rings (SSSR count). The molecule has 1 aliphatic carbocycles. The first-order chi connectivity index (χ1) is 12.0. The molecule has 1 unspecified atom stereocenters. The Bertz CT molecular complexity index is 805.